The number of hydrogen-bond donors (Lipinski definition) is 1. The highest BCUT2D eigenvalue weighted by Crippen LogP contribution is 2.42. The van der Waals surface area contributed by atoms with E-state index in [1.807, 2.05) is 20.2 Å². The van der Waals surface area contributed by atoms with E-state index in [-0.39, 0.29) is 12.0 Å². The van der Waals surface area contributed by atoms with Crippen molar-refractivity contribution in [3.8, 4) is 0 Å². The number of nitrogens with one attached hydrogen (secondary N) is 1. The third kappa shape index (κ3) is 2.73. The van der Waals surface area contributed by atoms with Crippen molar-refractivity contribution >= 4 is 5.97 Å². The predicted molar refractivity (Wildman–Crippen MR) is 77.4 cm³/mol. The van der Waals surface area contributed by atoms with Gasteiger partial charge in [0.1, 0.15) is 5.54 Å². The summed E-state index contributed by atoms with van der Waals surface area (Å²) in [4.78, 5) is 16.8. The minimum absolute atomic E-state index is 0.167. The van der Waals surface area contributed by atoms with Crippen molar-refractivity contribution in [2.24, 2.45) is 5.92 Å². The number of carbonyl (C=O) groups is 1. The molecule has 20 heavy (non-hydrogen) atoms. The first kappa shape index (κ1) is 15.0. The molecule has 0 spiro atoms. The minimum atomic E-state index is -0.638. The lowest BCUT2D eigenvalue weighted by Gasteiger charge is -2.35. The Hall–Kier alpha value is -1.36. The van der Waals surface area contributed by atoms with Crippen molar-refractivity contribution in [3.63, 3.8) is 0 Å². The second kappa shape index (κ2) is 5.56. The van der Waals surface area contributed by atoms with Gasteiger partial charge in [-0.2, -0.15) is 0 Å². The lowest BCUT2D eigenvalue weighted by molar-refractivity contribution is -0.151. The van der Waals surface area contributed by atoms with E-state index in [4.69, 9.17) is 4.74 Å². The van der Waals surface area contributed by atoms with Gasteiger partial charge in [0.2, 0.25) is 0 Å². The van der Waals surface area contributed by atoms with Gasteiger partial charge in [-0.25, -0.2) is 9.78 Å². The summed E-state index contributed by atoms with van der Waals surface area (Å²) < 4.78 is 7.16. The van der Waals surface area contributed by atoms with Crippen molar-refractivity contribution < 1.29 is 9.53 Å². The third-order valence-corrected chi connectivity index (χ3v) is 4.14. The molecule has 5 nitrogen and oxygen atoms in total. The number of rotatable bonds is 6. The summed E-state index contributed by atoms with van der Waals surface area (Å²) in [5, 5.41) is 3.47. The van der Waals surface area contributed by atoms with Gasteiger partial charge in [0, 0.05) is 11.7 Å². The molecule has 1 unspecified atom stereocenters. The van der Waals surface area contributed by atoms with Crippen LogP contribution < -0.4 is 5.32 Å². The average Bonchev–Trinajstić information content (AvgIpc) is 3.20. The summed E-state index contributed by atoms with van der Waals surface area (Å²) in [5.74, 6) is 0.180. The van der Waals surface area contributed by atoms with E-state index in [1.54, 1.807) is 0 Å². The fraction of sp³-hybridized carbons (Fsp3) is 0.733. The number of ether oxygens (including phenoxy) is 1. The van der Waals surface area contributed by atoms with E-state index in [0.717, 1.165) is 24.2 Å². The fourth-order valence-electron chi connectivity index (χ4n) is 2.83. The molecule has 0 radical (unpaired) electrons. The van der Waals surface area contributed by atoms with Gasteiger partial charge in [0.05, 0.1) is 25.7 Å². The number of esters is 1. The maximum Gasteiger partial charge on any atom is 0.328 e. The van der Waals surface area contributed by atoms with E-state index < -0.39 is 5.54 Å². The lowest BCUT2D eigenvalue weighted by atomic mass is 9.91. The van der Waals surface area contributed by atoms with Crippen LogP contribution in [0.15, 0.2) is 6.33 Å². The Morgan fingerprint density at radius 3 is 2.60 bits per heavy atom. The first-order valence-corrected chi connectivity index (χ1v) is 7.25. The van der Waals surface area contributed by atoms with E-state index >= 15 is 0 Å². The van der Waals surface area contributed by atoms with Gasteiger partial charge < -0.3 is 9.30 Å². The van der Waals surface area contributed by atoms with E-state index in [1.165, 1.54) is 7.11 Å². The van der Waals surface area contributed by atoms with Crippen LogP contribution in [0.2, 0.25) is 0 Å². The van der Waals surface area contributed by atoms with Gasteiger partial charge in [-0.05, 0) is 46.5 Å². The molecule has 5 heteroatoms. The number of nitrogens with zero attached hydrogens (tertiary/aromatic N) is 2. The van der Waals surface area contributed by atoms with E-state index in [9.17, 15) is 4.79 Å². The molecule has 1 saturated carbocycles. The Kier molecular flexibility index (Phi) is 4.18. The zero-order valence-electron chi connectivity index (χ0n) is 13.1. The topological polar surface area (TPSA) is 56.2 Å². The monoisotopic (exact) mass is 279 g/mol. The van der Waals surface area contributed by atoms with Crippen LogP contribution in [0.25, 0.3) is 0 Å². The largest absolute Gasteiger partial charge is 0.468 e. The molecule has 2 rings (SSSR count). The van der Waals surface area contributed by atoms with Crippen molar-refractivity contribution in [1.29, 1.82) is 0 Å². The van der Waals surface area contributed by atoms with Gasteiger partial charge in [0.25, 0.3) is 0 Å². The van der Waals surface area contributed by atoms with Gasteiger partial charge in [-0.15, -0.1) is 0 Å². The Morgan fingerprint density at radius 2 is 2.20 bits per heavy atom. The first-order chi connectivity index (χ1) is 9.40. The molecular weight excluding hydrogens is 254 g/mol. The molecule has 1 fully saturated rings. The summed E-state index contributed by atoms with van der Waals surface area (Å²) in [6.07, 6.45) is 3.95. The van der Waals surface area contributed by atoms with Crippen LogP contribution in [0, 0.1) is 19.8 Å². The molecule has 1 aromatic heterocycles. The SMILES string of the molecule is COC(=O)C(Cn1cnc(C)c1C)(NC(C)C)C1CC1. The molecule has 0 amide bonds. The van der Waals surface area contributed by atoms with Crippen LogP contribution in [0.1, 0.15) is 38.1 Å². The molecule has 112 valence electrons. The smallest absolute Gasteiger partial charge is 0.328 e. The summed E-state index contributed by atoms with van der Waals surface area (Å²) in [7, 11) is 1.47. The molecule has 1 aromatic rings. The first-order valence-electron chi connectivity index (χ1n) is 7.25. The van der Waals surface area contributed by atoms with Crippen LogP contribution in [0.5, 0.6) is 0 Å². The summed E-state index contributed by atoms with van der Waals surface area (Å²) in [5.41, 5.74) is 1.47. The van der Waals surface area contributed by atoms with Crippen LogP contribution >= 0.6 is 0 Å². The van der Waals surface area contributed by atoms with Crippen LogP contribution in [0.4, 0.5) is 0 Å². The highest BCUT2D eigenvalue weighted by Gasteiger charge is 2.52. The molecule has 0 bridgehead atoms. The second-order valence-electron chi connectivity index (χ2n) is 6.08. The Labute approximate surface area is 120 Å². The molecule has 1 N–H and O–H groups in total. The fourth-order valence-corrected chi connectivity index (χ4v) is 2.83. The molecule has 0 aliphatic heterocycles. The average molecular weight is 279 g/mol. The van der Waals surface area contributed by atoms with Gasteiger partial charge in [0.15, 0.2) is 0 Å². The van der Waals surface area contributed by atoms with Crippen LogP contribution in [-0.2, 0) is 16.1 Å². The molecule has 0 aromatic carbocycles. The maximum absolute atomic E-state index is 12.5. The van der Waals surface area contributed by atoms with Crippen molar-refractivity contribution in [2.75, 3.05) is 7.11 Å². The molecule has 1 aliphatic rings. The highest BCUT2D eigenvalue weighted by molar-refractivity contribution is 5.81. The van der Waals surface area contributed by atoms with E-state index in [0.29, 0.717) is 12.5 Å². The second-order valence-corrected chi connectivity index (χ2v) is 6.08. The molecule has 1 atom stereocenters. The summed E-state index contributed by atoms with van der Waals surface area (Å²) in [6, 6.07) is 0.222. The number of aryl methyl sites for hydroxylation is 1. The van der Waals surface area contributed by atoms with Crippen LogP contribution in [-0.4, -0.2) is 34.2 Å². The number of aromatic nitrogens is 2. The molecule has 1 aliphatic carbocycles. The zero-order valence-corrected chi connectivity index (χ0v) is 13.1. The van der Waals surface area contributed by atoms with Crippen LogP contribution in [0.3, 0.4) is 0 Å². The van der Waals surface area contributed by atoms with Crippen molar-refractivity contribution in [1.82, 2.24) is 14.9 Å². The van der Waals surface area contributed by atoms with Crippen molar-refractivity contribution in [2.45, 2.75) is 58.7 Å². The van der Waals surface area contributed by atoms with Crippen molar-refractivity contribution in [3.05, 3.63) is 17.7 Å². The highest BCUT2D eigenvalue weighted by atomic mass is 16.5. The predicted octanol–water partition coefficient (Wildman–Crippen LogP) is 1.82. The number of methoxy groups -OCH3 is 1. The third-order valence-electron chi connectivity index (χ3n) is 4.14. The quantitative estimate of drug-likeness (QED) is 0.807. The minimum Gasteiger partial charge on any atom is -0.468 e. The number of imidazole rings is 1. The standard InChI is InChI=1S/C15H25N3O2/c1-10(2)17-15(13-6-7-13,14(19)20-5)8-18-9-16-11(3)12(18)4/h9-10,13,17H,6-8H2,1-5H3. The normalized spacial score (nSPS) is 18.1. The van der Waals surface area contributed by atoms with E-state index in [2.05, 4.69) is 28.7 Å². The number of carbonyl (C=O) groups excluding carboxylic acids is 1. The number of hydrogen-bond acceptors (Lipinski definition) is 4. The molecular formula is C15H25N3O2. The zero-order chi connectivity index (χ0) is 14.9. The van der Waals surface area contributed by atoms with Gasteiger partial charge >= 0.3 is 5.97 Å². The Bertz CT molecular complexity index is 491. The lowest BCUT2D eigenvalue weighted by Crippen LogP contribution is -2.59. The summed E-state index contributed by atoms with van der Waals surface area (Å²) >= 11 is 0. The molecule has 1 heterocycles. The van der Waals surface area contributed by atoms with Gasteiger partial charge in [-0.1, -0.05) is 0 Å². The summed E-state index contributed by atoms with van der Waals surface area (Å²) in [6.45, 7) is 8.72. The van der Waals surface area contributed by atoms with Gasteiger partial charge in [-0.3, -0.25) is 5.32 Å². The molecule has 0 saturated heterocycles. The Balaban J connectivity index is 2.34. The maximum atomic E-state index is 12.5. The Morgan fingerprint density at radius 1 is 1.55 bits per heavy atom.